The Bertz CT molecular complexity index is 562. The molecule has 0 saturated heterocycles. The Labute approximate surface area is 178 Å². The number of rotatable bonds is 4. The van der Waals surface area contributed by atoms with Gasteiger partial charge in [0.05, 0.1) is 0 Å². The molecule has 0 amide bonds. The molecule has 1 heterocycles. The minimum absolute atomic E-state index is 0. The van der Waals surface area contributed by atoms with Crippen molar-refractivity contribution in [3.63, 3.8) is 0 Å². The number of aryl methyl sites for hydroxylation is 1. The maximum Gasteiger partial charge on any atom is 0.127 e. The summed E-state index contributed by atoms with van der Waals surface area (Å²) >= 11 is 0. The first-order chi connectivity index (χ1) is 10.9. The summed E-state index contributed by atoms with van der Waals surface area (Å²) < 4.78 is 6.39. The topological polar surface area (TPSA) is 29.5 Å². The molecule has 0 spiro atoms. The molecule has 1 aliphatic carbocycles. The van der Waals surface area contributed by atoms with Gasteiger partial charge >= 0.3 is 0 Å². The number of ether oxygens (including phenoxy) is 1. The first-order valence-corrected chi connectivity index (χ1v) is 9.47. The molecule has 1 aliphatic heterocycles. The van der Waals surface area contributed by atoms with E-state index in [1.807, 2.05) is 6.07 Å². The van der Waals surface area contributed by atoms with Crippen LogP contribution in [0.15, 0.2) is 12.1 Å². The Balaban J connectivity index is -0.00000125. The van der Waals surface area contributed by atoms with E-state index in [2.05, 4.69) is 33.8 Å². The van der Waals surface area contributed by atoms with Crippen molar-refractivity contribution in [2.24, 2.45) is 11.8 Å². The molecule has 1 aromatic rings. The van der Waals surface area contributed by atoms with Gasteiger partial charge in [-0.3, -0.25) is 0 Å². The lowest BCUT2D eigenvalue weighted by Gasteiger charge is -2.48. The number of aromatic hydroxyl groups is 1. The van der Waals surface area contributed by atoms with Gasteiger partial charge in [0.15, 0.2) is 0 Å². The van der Waals surface area contributed by atoms with Gasteiger partial charge in [-0.15, -0.1) is 0 Å². The third-order valence-electron chi connectivity index (χ3n) is 6.00. The Morgan fingerprint density at radius 3 is 2.29 bits per heavy atom. The third-order valence-corrected chi connectivity index (χ3v) is 6.00. The van der Waals surface area contributed by atoms with Crippen LogP contribution in [-0.4, -0.2) is 10.7 Å². The lowest BCUT2D eigenvalue weighted by Crippen LogP contribution is -2.46. The van der Waals surface area contributed by atoms with Crippen LogP contribution in [0, 0.1) is 11.8 Å². The molecule has 0 aromatic heterocycles. The van der Waals surface area contributed by atoms with Crippen molar-refractivity contribution in [1.82, 2.24) is 0 Å². The molecular weight excluding hydrogens is 344 g/mol. The van der Waals surface area contributed by atoms with Crippen molar-refractivity contribution in [3.8, 4) is 11.5 Å². The Morgan fingerprint density at radius 1 is 1.04 bits per heavy atom. The fraction of sp³-hybridized carbons (Fsp3) is 0.769. The molecule has 1 aromatic carbocycles. The van der Waals surface area contributed by atoms with E-state index in [-0.39, 0.29) is 42.7 Å². The Kier molecular flexibility index (Phi) is 14.0. The second-order valence-electron chi connectivity index (χ2n) is 8.32. The molecule has 0 radical (unpaired) electrons. The van der Waals surface area contributed by atoms with Crippen LogP contribution in [0.2, 0.25) is 0 Å². The number of benzene rings is 1. The average Bonchev–Trinajstić information content (AvgIpc) is 2.46. The van der Waals surface area contributed by atoms with Crippen molar-refractivity contribution in [2.45, 2.75) is 121 Å². The van der Waals surface area contributed by atoms with E-state index in [9.17, 15) is 5.11 Å². The van der Waals surface area contributed by atoms with Crippen LogP contribution < -0.4 is 4.74 Å². The van der Waals surface area contributed by atoms with Crippen LogP contribution in [0.25, 0.3) is 0 Å². The highest BCUT2D eigenvalue weighted by molar-refractivity contribution is 5.52. The van der Waals surface area contributed by atoms with E-state index in [0.29, 0.717) is 17.6 Å². The SMILES string of the molecule is C.C.C.C.C.CCCCCc1cc(O)c2c(c1)OC(C)(C)C1CCC(C)CC21. The van der Waals surface area contributed by atoms with Gasteiger partial charge in [-0.2, -0.15) is 0 Å². The third kappa shape index (κ3) is 6.16. The molecule has 1 saturated carbocycles. The summed E-state index contributed by atoms with van der Waals surface area (Å²) in [5.74, 6) is 3.11. The highest BCUT2D eigenvalue weighted by Gasteiger charge is 2.47. The number of phenolic OH excluding ortho intramolecular Hbond substituents is 1. The molecule has 1 fully saturated rings. The van der Waals surface area contributed by atoms with Gasteiger partial charge < -0.3 is 9.84 Å². The highest BCUT2D eigenvalue weighted by Crippen LogP contribution is 2.55. The Morgan fingerprint density at radius 2 is 1.68 bits per heavy atom. The van der Waals surface area contributed by atoms with Crippen molar-refractivity contribution < 1.29 is 9.84 Å². The van der Waals surface area contributed by atoms with Crippen LogP contribution in [0.5, 0.6) is 11.5 Å². The minimum Gasteiger partial charge on any atom is -0.508 e. The monoisotopic (exact) mass is 396 g/mol. The number of hydrogen-bond acceptors (Lipinski definition) is 2. The summed E-state index contributed by atoms with van der Waals surface area (Å²) in [4.78, 5) is 0. The van der Waals surface area contributed by atoms with E-state index < -0.39 is 0 Å². The van der Waals surface area contributed by atoms with E-state index >= 15 is 0 Å². The first-order valence-electron chi connectivity index (χ1n) is 9.47. The quantitative estimate of drug-likeness (QED) is 0.514. The van der Waals surface area contributed by atoms with Gasteiger partial charge in [-0.05, 0) is 69.1 Å². The number of unbranched alkanes of at least 4 members (excludes halogenated alkanes) is 2. The van der Waals surface area contributed by atoms with E-state index in [0.717, 1.165) is 23.7 Å². The summed E-state index contributed by atoms with van der Waals surface area (Å²) in [6.07, 6.45) is 8.33. The minimum atomic E-state index is -0.133. The highest BCUT2D eigenvalue weighted by atomic mass is 16.5. The molecule has 2 heteroatoms. The molecule has 2 aliphatic rings. The Hall–Kier alpha value is -1.18. The molecular formula is C26H52O2. The zero-order valence-corrected chi connectivity index (χ0v) is 15.2. The van der Waals surface area contributed by atoms with E-state index in [1.165, 1.54) is 44.1 Å². The lowest BCUT2D eigenvalue weighted by atomic mass is 9.64. The average molecular weight is 397 g/mol. The van der Waals surface area contributed by atoms with Crippen molar-refractivity contribution in [2.75, 3.05) is 0 Å². The summed E-state index contributed by atoms with van der Waals surface area (Å²) in [5.41, 5.74) is 2.17. The fourth-order valence-corrected chi connectivity index (χ4v) is 4.74. The summed E-state index contributed by atoms with van der Waals surface area (Å²) in [7, 11) is 0. The van der Waals surface area contributed by atoms with Gasteiger partial charge in [0.1, 0.15) is 17.1 Å². The van der Waals surface area contributed by atoms with E-state index in [4.69, 9.17) is 4.74 Å². The molecule has 0 bridgehead atoms. The predicted molar refractivity (Wildman–Crippen MR) is 129 cm³/mol. The van der Waals surface area contributed by atoms with Crippen molar-refractivity contribution in [3.05, 3.63) is 23.3 Å². The molecule has 3 unspecified atom stereocenters. The van der Waals surface area contributed by atoms with Crippen molar-refractivity contribution >= 4 is 0 Å². The van der Waals surface area contributed by atoms with E-state index in [1.54, 1.807) is 0 Å². The standard InChI is InChI=1S/C21H32O2.5CH4/c1-5-6-7-8-15-12-18(22)20-16-11-14(2)9-10-17(16)21(3,4)23-19(20)13-15;;;;;/h12-14,16-17,22H,5-11H2,1-4H3;5*1H4. The number of phenols is 1. The number of hydrogen-bond donors (Lipinski definition) is 1. The van der Waals surface area contributed by atoms with Gasteiger partial charge in [0, 0.05) is 11.5 Å². The summed E-state index contributed by atoms with van der Waals surface area (Å²) in [5, 5.41) is 10.7. The van der Waals surface area contributed by atoms with Gasteiger partial charge in [0.25, 0.3) is 0 Å². The molecule has 3 atom stereocenters. The van der Waals surface area contributed by atoms with Crippen LogP contribution >= 0.6 is 0 Å². The zero-order valence-electron chi connectivity index (χ0n) is 15.2. The molecule has 1 N–H and O–H groups in total. The smallest absolute Gasteiger partial charge is 0.127 e. The fourth-order valence-electron chi connectivity index (χ4n) is 4.74. The first kappa shape index (κ1) is 31.5. The second kappa shape index (κ2) is 12.4. The number of fused-ring (bicyclic) bond motifs is 3. The largest absolute Gasteiger partial charge is 0.508 e. The normalized spacial score (nSPS) is 23.5. The van der Waals surface area contributed by atoms with Crippen LogP contribution in [0.3, 0.4) is 0 Å². The van der Waals surface area contributed by atoms with Gasteiger partial charge in [-0.25, -0.2) is 0 Å². The summed E-state index contributed by atoms with van der Waals surface area (Å²) in [6.45, 7) is 9.02. The predicted octanol–water partition coefficient (Wildman–Crippen LogP) is 9.00. The van der Waals surface area contributed by atoms with Crippen LogP contribution in [0.1, 0.15) is 120 Å². The molecule has 28 heavy (non-hydrogen) atoms. The maximum absolute atomic E-state index is 10.7. The zero-order chi connectivity index (χ0) is 16.6. The molecule has 2 nitrogen and oxygen atoms in total. The molecule has 168 valence electrons. The molecule has 3 rings (SSSR count). The van der Waals surface area contributed by atoms with Crippen molar-refractivity contribution in [1.29, 1.82) is 0 Å². The lowest BCUT2D eigenvalue weighted by molar-refractivity contribution is -0.0145. The second-order valence-corrected chi connectivity index (χ2v) is 8.32. The summed E-state index contributed by atoms with van der Waals surface area (Å²) in [6, 6.07) is 4.19. The maximum atomic E-state index is 10.7. The van der Waals surface area contributed by atoms with Crippen LogP contribution in [-0.2, 0) is 6.42 Å². The van der Waals surface area contributed by atoms with Crippen LogP contribution in [0.4, 0.5) is 0 Å². The van der Waals surface area contributed by atoms with Gasteiger partial charge in [-0.1, -0.05) is 70.2 Å². The van der Waals surface area contributed by atoms with Gasteiger partial charge in [0.2, 0.25) is 0 Å².